The van der Waals surface area contributed by atoms with Gasteiger partial charge in [0, 0.05) is 11.4 Å². The van der Waals surface area contributed by atoms with Gasteiger partial charge in [-0.1, -0.05) is 42.5 Å². The van der Waals surface area contributed by atoms with E-state index in [0.29, 0.717) is 0 Å². The van der Waals surface area contributed by atoms with Crippen molar-refractivity contribution >= 4 is 23.7 Å². The molecule has 0 unspecified atom stereocenters. The molecule has 0 bridgehead atoms. The molecule has 0 radical (unpaired) electrons. The highest BCUT2D eigenvalue weighted by molar-refractivity contribution is 7.98. The quantitative estimate of drug-likeness (QED) is 0.423. The molecular formula is C18H21NO4S. The second-order valence-corrected chi connectivity index (χ2v) is 5.75. The lowest BCUT2D eigenvalue weighted by Gasteiger charge is -2.06. The zero-order chi connectivity index (χ0) is 17.8. The summed E-state index contributed by atoms with van der Waals surface area (Å²) in [6.07, 6.45) is 3.19. The third kappa shape index (κ3) is 8.36. The van der Waals surface area contributed by atoms with E-state index in [9.17, 15) is 0 Å². The SMILES string of the molecule is CSc1ccc(CNCCc2ccccc2)cc1.O=C(O)C(=O)O. The smallest absolute Gasteiger partial charge is 0.414 e. The van der Waals surface area contributed by atoms with E-state index in [0.717, 1.165) is 19.5 Å². The van der Waals surface area contributed by atoms with Crippen molar-refractivity contribution in [1.82, 2.24) is 5.32 Å². The molecule has 3 N–H and O–H groups in total. The van der Waals surface area contributed by atoms with E-state index in [1.807, 2.05) is 0 Å². The van der Waals surface area contributed by atoms with Crippen molar-refractivity contribution in [2.75, 3.05) is 12.8 Å². The van der Waals surface area contributed by atoms with Gasteiger partial charge in [-0.15, -0.1) is 11.8 Å². The van der Waals surface area contributed by atoms with Crippen LogP contribution in [0.3, 0.4) is 0 Å². The molecule has 24 heavy (non-hydrogen) atoms. The molecule has 0 aromatic heterocycles. The molecule has 6 heteroatoms. The minimum atomic E-state index is -1.82. The summed E-state index contributed by atoms with van der Waals surface area (Å²) in [6, 6.07) is 19.3. The van der Waals surface area contributed by atoms with Crippen molar-refractivity contribution < 1.29 is 19.8 Å². The first-order valence-corrected chi connectivity index (χ1v) is 8.59. The summed E-state index contributed by atoms with van der Waals surface area (Å²) in [5.41, 5.74) is 2.74. The molecule has 0 atom stereocenters. The zero-order valence-corrected chi connectivity index (χ0v) is 14.3. The Morgan fingerprint density at radius 1 is 0.917 bits per heavy atom. The third-order valence-electron chi connectivity index (χ3n) is 3.10. The highest BCUT2D eigenvalue weighted by Crippen LogP contribution is 2.14. The number of hydrogen-bond acceptors (Lipinski definition) is 4. The van der Waals surface area contributed by atoms with E-state index in [4.69, 9.17) is 19.8 Å². The zero-order valence-electron chi connectivity index (χ0n) is 13.4. The molecule has 0 amide bonds. The number of nitrogens with one attached hydrogen (secondary N) is 1. The Labute approximate surface area is 145 Å². The Hall–Kier alpha value is -2.31. The number of hydrogen-bond donors (Lipinski definition) is 3. The van der Waals surface area contributed by atoms with E-state index in [1.165, 1.54) is 16.0 Å². The average Bonchev–Trinajstić information content (AvgIpc) is 2.60. The first-order valence-electron chi connectivity index (χ1n) is 7.36. The molecule has 2 aromatic rings. The van der Waals surface area contributed by atoms with Gasteiger partial charge in [-0.25, -0.2) is 9.59 Å². The van der Waals surface area contributed by atoms with E-state index in [1.54, 1.807) is 11.8 Å². The van der Waals surface area contributed by atoms with Crippen molar-refractivity contribution in [1.29, 1.82) is 0 Å². The summed E-state index contributed by atoms with van der Waals surface area (Å²) in [6.45, 7) is 1.97. The molecule has 128 valence electrons. The Morgan fingerprint density at radius 3 is 2.00 bits per heavy atom. The fourth-order valence-corrected chi connectivity index (χ4v) is 2.26. The van der Waals surface area contributed by atoms with Crippen LogP contribution in [0, 0.1) is 0 Å². The maximum Gasteiger partial charge on any atom is 0.414 e. The highest BCUT2D eigenvalue weighted by Gasteiger charge is 2.04. The first-order chi connectivity index (χ1) is 11.5. The van der Waals surface area contributed by atoms with Crippen LogP contribution in [0.4, 0.5) is 0 Å². The van der Waals surface area contributed by atoms with Crippen LogP contribution in [-0.2, 0) is 22.6 Å². The van der Waals surface area contributed by atoms with Gasteiger partial charge < -0.3 is 15.5 Å². The fourth-order valence-electron chi connectivity index (χ4n) is 1.85. The van der Waals surface area contributed by atoms with Crippen LogP contribution in [0.2, 0.25) is 0 Å². The van der Waals surface area contributed by atoms with Crippen LogP contribution in [0.15, 0.2) is 59.5 Å². The number of carboxylic acid groups (broad SMARTS) is 2. The average molecular weight is 347 g/mol. The van der Waals surface area contributed by atoms with Gasteiger partial charge in [-0.05, 0) is 42.5 Å². The molecule has 0 aliphatic rings. The van der Waals surface area contributed by atoms with Gasteiger partial charge in [0.1, 0.15) is 0 Å². The number of rotatable bonds is 6. The minimum absolute atomic E-state index is 0.946. The van der Waals surface area contributed by atoms with Gasteiger partial charge in [0.15, 0.2) is 0 Å². The molecule has 2 rings (SSSR count). The minimum Gasteiger partial charge on any atom is -0.473 e. The maximum absolute atomic E-state index is 9.10. The maximum atomic E-state index is 9.10. The molecular weight excluding hydrogens is 326 g/mol. The largest absolute Gasteiger partial charge is 0.473 e. The van der Waals surface area contributed by atoms with E-state index in [2.05, 4.69) is 66.2 Å². The number of benzene rings is 2. The molecule has 0 aliphatic heterocycles. The molecule has 0 aliphatic carbocycles. The summed E-state index contributed by atoms with van der Waals surface area (Å²) in [5.74, 6) is -3.65. The van der Waals surface area contributed by atoms with Crippen molar-refractivity contribution in [2.24, 2.45) is 0 Å². The molecule has 5 nitrogen and oxygen atoms in total. The van der Waals surface area contributed by atoms with Crippen LogP contribution >= 0.6 is 11.8 Å². The van der Waals surface area contributed by atoms with E-state index >= 15 is 0 Å². The van der Waals surface area contributed by atoms with Gasteiger partial charge in [-0.2, -0.15) is 0 Å². The molecule has 0 spiro atoms. The van der Waals surface area contributed by atoms with Gasteiger partial charge >= 0.3 is 11.9 Å². The van der Waals surface area contributed by atoms with Crippen LogP contribution in [0.5, 0.6) is 0 Å². The lowest BCUT2D eigenvalue weighted by Crippen LogP contribution is -2.16. The predicted molar refractivity (Wildman–Crippen MR) is 95.3 cm³/mol. The summed E-state index contributed by atoms with van der Waals surface area (Å²) in [4.78, 5) is 19.5. The van der Waals surface area contributed by atoms with Crippen LogP contribution < -0.4 is 5.32 Å². The second-order valence-electron chi connectivity index (χ2n) is 4.87. The topological polar surface area (TPSA) is 86.6 Å². The first kappa shape index (κ1) is 19.7. The summed E-state index contributed by atoms with van der Waals surface area (Å²) in [5, 5.41) is 18.3. The standard InChI is InChI=1S/C16H19NS.C2H2O4/c1-18-16-9-7-15(8-10-16)13-17-12-11-14-5-3-2-4-6-14;3-1(4)2(5)6/h2-10,17H,11-13H2,1H3;(H,3,4)(H,5,6). The van der Waals surface area contributed by atoms with Crippen LogP contribution in [0.25, 0.3) is 0 Å². The second kappa shape index (κ2) is 11.3. The number of aliphatic carboxylic acids is 2. The Kier molecular flexibility index (Phi) is 9.26. The van der Waals surface area contributed by atoms with Crippen LogP contribution in [-0.4, -0.2) is 35.0 Å². The Morgan fingerprint density at radius 2 is 1.50 bits per heavy atom. The molecule has 0 saturated carbocycles. The highest BCUT2D eigenvalue weighted by atomic mass is 32.2. The van der Waals surface area contributed by atoms with Crippen molar-refractivity contribution in [3.63, 3.8) is 0 Å². The summed E-state index contributed by atoms with van der Waals surface area (Å²) < 4.78 is 0. The van der Waals surface area contributed by atoms with Gasteiger partial charge in [0.05, 0.1) is 0 Å². The lowest BCUT2D eigenvalue weighted by atomic mass is 10.1. The Balaban J connectivity index is 0.000000413. The Bertz CT molecular complexity index is 617. The van der Waals surface area contributed by atoms with Crippen molar-refractivity contribution in [3.05, 3.63) is 65.7 Å². The van der Waals surface area contributed by atoms with Crippen molar-refractivity contribution in [2.45, 2.75) is 17.9 Å². The lowest BCUT2D eigenvalue weighted by molar-refractivity contribution is -0.159. The summed E-state index contributed by atoms with van der Waals surface area (Å²) >= 11 is 1.78. The van der Waals surface area contributed by atoms with E-state index < -0.39 is 11.9 Å². The van der Waals surface area contributed by atoms with E-state index in [-0.39, 0.29) is 0 Å². The molecule has 0 heterocycles. The van der Waals surface area contributed by atoms with Crippen LogP contribution in [0.1, 0.15) is 11.1 Å². The molecule has 0 saturated heterocycles. The predicted octanol–water partition coefficient (Wildman–Crippen LogP) is 2.90. The monoisotopic (exact) mass is 347 g/mol. The van der Waals surface area contributed by atoms with Gasteiger partial charge in [0.2, 0.25) is 0 Å². The molecule has 0 fully saturated rings. The van der Waals surface area contributed by atoms with Gasteiger partial charge in [-0.3, -0.25) is 0 Å². The van der Waals surface area contributed by atoms with Gasteiger partial charge in [0.25, 0.3) is 0 Å². The summed E-state index contributed by atoms with van der Waals surface area (Å²) in [7, 11) is 0. The fraction of sp³-hybridized carbons (Fsp3) is 0.222. The molecule has 2 aromatic carbocycles. The normalized spacial score (nSPS) is 9.71. The number of carbonyl (C=O) groups is 2. The number of carboxylic acids is 2. The van der Waals surface area contributed by atoms with Crippen molar-refractivity contribution in [3.8, 4) is 0 Å². The number of thioether (sulfide) groups is 1. The third-order valence-corrected chi connectivity index (χ3v) is 3.85.